The summed E-state index contributed by atoms with van der Waals surface area (Å²) >= 11 is 6.70. The van der Waals surface area contributed by atoms with Crippen LogP contribution in [0.2, 0.25) is 0 Å². The van der Waals surface area contributed by atoms with Crippen LogP contribution in [0.25, 0.3) is 0 Å². The van der Waals surface area contributed by atoms with Gasteiger partial charge in [0.25, 0.3) is 0 Å². The summed E-state index contributed by atoms with van der Waals surface area (Å²) in [6.07, 6.45) is 0. The molecule has 0 fully saturated rings. The Hall–Kier alpha value is -1.10. The fourth-order valence-electron chi connectivity index (χ4n) is 1.41. The van der Waals surface area contributed by atoms with Crippen LogP contribution >= 0.6 is 38.6 Å². The average Bonchev–Trinajstić information content (AvgIpc) is 3.11. The molecule has 3 rings (SSSR count). The fraction of sp³-hybridized carbons (Fsp3) is 0.0667. The Bertz CT molecular complexity index is 547. The molecule has 0 aliphatic heterocycles. The molecule has 19 heavy (non-hydrogen) atoms. The average molecular weight is 352 g/mol. The van der Waals surface area contributed by atoms with Gasteiger partial charge < -0.3 is 5.32 Å². The highest BCUT2D eigenvalue weighted by atomic mass is 79.9. The predicted molar refractivity (Wildman–Crippen MR) is 90.1 cm³/mol. The van der Waals surface area contributed by atoms with Gasteiger partial charge in [0.1, 0.15) is 0 Å². The Morgan fingerprint density at radius 1 is 0.895 bits per heavy atom. The number of halogens is 1. The summed E-state index contributed by atoms with van der Waals surface area (Å²) in [5.41, 5.74) is 2.52. The van der Waals surface area contributed by atoms with Crippen LogP contribution in [0.3, 0.4) is 0 Å². The van der Waals surface area contributed by atoms with Crippen LogP contribution in [-0.2, 0) is 6.54 Å². The van der Waals surface area contributed by atoms with E-state index >= 15 is 0 Å². The van der Waals surface area contributed by atoms with E-state index in [1.54, 1.807) is 22.7 Å². The molecular weight excluding hydrogens is 338 g/mol. The molecule has 0 saturated carbocycles. The maximum Gasteiger partial charge on any atom is 0.0451 e. The van der Waals surface area contributed by atoms with Gasteiger partial charge in [0.15, 0.2) is 0 Å². The van der Waals surface area contributed by atoms with Gasteiger partial charge in [0, 0.05) is 27.5 Å². The van der Waals surface area contributed by atoms with E-state index in [0.29, 0.717) is 0 Å². The molecule has 2 aromatic heterocycles. The highest BCUT2D eigenvalue weighted by Crippen LogP contribution is 2.13. The number of benzene rings is 1. The molecule has 1 N–H and O–H groups in total. The van der Waals surface area contributed by atoms with Crippen molar-refractivity contribution in [3.8, 4) is 0 Å². The van der Waals surface area contributed by atoms with Gasteiger partial charge in [0.2, 0.25) is 0 Å². The molecule has 0 radical (unpaired) electrons. The van der Waals surface area contributed by atoms with Gasteiger partial charge in [0.05, 0.1) is 0 Å². The third-order valence-corrected chi connectivity index (χ3v) is 4.51. The monoisotopic (exact) mass is 351 g/mol. The molecule has 0 atom stereocenters. The zero-order valence-corrected chi connectivity index (χ0v) is 13.5. The minimum Gasteiger partial charge on any atom is -0.380 e. The summed E-state index contributed by atoms with van der Waals surface area (Å²) in [5.74, 6) is 0. The van der Waals surface area contributed by atoms with Gasteiger partial charge >= 0.3 is 0 Å². The number of hydrogen-bond acceptors (Lipinski definition) is 3. The standard InChI is InChI=1S/C11H11NS.C4H3BrS/c1-2-4-10(5-3-1)8-12-11-6-7-13-9-11;5-4-1-2-6-3-4/h1-7,9,12H,8H2;1-3H. The van der Waals surface area contributed by atoms with Crippen LogP contribution in [0.1, 0.15) is 5.56 Å². The topological polar surface area (TPSA) is 12.0 Å². The molecule has 0 aliphatic carbocycles. The van der Waals surface area contributed by atoms with Gasteiger partial charge in [-0.3, -0.25) is 0 Å². The SMILES string of the molecule is Brc1ccsc1.c1ccc(CNc2ccsc2)cc1. The molecule has 0 spiro atoms. The van der Waals surface area contributed by atoms with Crippen molar-refractivity contribution in [3.05, 3.63) is 74.0 Å². The smallest absolute Gasteiger partial charge is 0.0451 e. The summed E-state index contributed by atoms with van der Waals surface area (Å²) in [5, 5.41) is 11.6. The van der Waals surface area contributed by atoms with Gasteiger partial charge in [-0.2, -0.15) is 22.7 Å². The van der Waals surface area contributed by atoms with Gasteiger partial charge in [-0.15, -0.1) is 0 Å². The molecule has 0 amide bonds. The Morgan fingerprint density at radius 3 is 2.16 bits per heavy atom. The lowest BCUT2D eigenvalue weighted by atomic mass is 10.2. The molecular formula is C15H14BrNS2. The van der Waals surface area contributed by atoms with Gasteiger partial charge in [-0.1, -0.05) is 30.3 Å². The summed E-state index contributed by atoms with van der Waals surface area (Å²) < 4.78 is 1.17. The summed E-state index contributed by atoms with van der Waals surface area (Å²) in [6, 6.07) is 14.5. The highest BCUT2D eigenvalue weighted by Gasteiger charge is 1.92. The minimum absolute atomic E-state index is 0.900. The van der Waals surface area contributed by atoms with Crippen LogP contribution in [-0.4, -0.2) is 0 Å². The van der Waals surface area contributed by atoms with E-state index in [2.05, 4.69) is 62.3 Å². The number of anilines is 1. The Kier molecular flexibility index (Phi) is 6.14. The lowest BCUT2D eigenvalue weighted by molar-refractivity contribution is 1.15. The van der Waals surface area contributed by atoms with E-state index in [0.717, 1.165) is 6.54 Å². The normalized spacial score (nSPS) is 9.53. The second-order valence-corrected chi connectivity index (χ2v) is 6.27. The first-order chi connectivity index (χ1) is 9.34. The van der Waals surface area contributed by atoms with E-state index in [9.17, 15) is 0 Å². The van der Waals surface area contributed by atoms with Crippen LogP contribution in [0.5, 0.6) is 0 Å². The lowest BCUT2D eigenvalue weighted by Crippen LogP contribution is -1.97. The number of hydrogen-bond donors (Lipinski definition) is 1. The van der Waals surface area contributed by atoms with Crippen LogP contribution in [0.4, 0.5) is 5.69 Å². The summed E-state index contributed by atoms with van der Waals surface area (Å²) in [7, 11) is 0. The molecule has 2 heterocycles. The quantitative estimate of drug-likeness (QED) is 0.621. The Morgan fingerprint density at radius 2 is 1.63 bits per heavy atom. The van der Waals surface area contributed by atoms with E-state index in [4.69, 9.17) is 0 Å². The van der Waals surface area contributed by atoms with Crippen molar-refractivity contribution < 1.29 is 0 Å². The van der Waals surface area contributed by atoms with Crippen LogP contribution < -0.4 is 5.32 Å². The van der Waals surface area contributed by atoms with Crippen molar-refractivity contribution in [2.75, 3.05) is 5.32 Å². The Balaban J connectivity index is 0.000000186. The molecule has 0 unspecified atom stereocenters. The third-order valence-electron chi connectivity index (χ3n) is 2.35. The summed E-state index contributed by atoms with van der Waals surface area (Å²) in [6.45, 7) is 0.900. The van der Waals surface area contributed by atoms with E-state index in [-0.39, 0.29) is 0 Å². The first-order valence-corrected chi connectivity index (χ1v) is 8.50. The second kappa shape index (κ2) is 8.15. The predicted octanol–water partition coefficient (Wildman–Crippen LogP) is 5.87. The van der Waals surface area contributed by atoms with Crippen molar-refractivity contribution in [1.82, 2.24) is 0 Å². The number of rotatable bonds is 3. The molecule has 3 aromatic rings. The zero-order valence-electron chi connectivity index (χ0n) is 10.3. The zero-order chi connectivity index (χ0) is 13.3. The number of thiophene rings is 2. The highest BCUT2D eigenvalue weighted by molar-refractivity contribution is 9.10. The lowest BCUT2D eigenvalue weighted by Gasteiger charge is -2.02. The van der Waals surface area contributed by atoms with Gasteiger partial charge in [-0.25, -0.2) is 0 Å². The van der Waals surface area contributed by atoms with Crippen LogP contribution in [0.15, 0.2) is 68.5 Å². The van der Waals surface area contributed by atoms with E-state index < -0.39 is 0 Å². The maximum atomic E-state index is 3.35. The molecule has 0 saturated heterocycles. The van der Waals surface area contributed by atoms with Crippen molar-refractivity contribution in [2.45, 2.75) is 6.54 Å². The molecule has 1 aromatic carbocycles. The van der Waals surface area contributed by atoms with E-state index in [1.807, 2.05) is 22.9 Å². The van der Waals surface area contributed by atoms with Gasteiger partial charge in [-0.05, 0) is 44.4 Å². The maximum absolute atomic E-state index is 3.35. The van der Waals surface area contributed by atoms with E-state index in [1.165, 1.54) is 15.7 Å². The molecule has 98 valence electrons. The second-order valence-electron chi connectivity index (χ2n) is 3.79. The first kappa shape index (κ1) is 14.3. The van der Waals surface area contributed by atoms with Crippen LogP contribution in [0, 0.1) is 0 Å². The fourth-order valence-corrected chi connectivity index (χ4v) is 3.17. The minimum atomic E-state index is 0.900. The Labute approximate surface area is 130 Å². The molecule has 1 nitrogen and oxygen atoms in total. The van der Waals surface area contributed by atoms with Crippen molar-refractivity contribution >= 4 is 44.3 Å². The van der Waals surface area contributed by atoms with Crippen molar-refractivity contribution in [2.24, 2.45) is 0 Å². The third kappa shape index (κ3) is 5.59. The molecule has 0 bridgehead atoms. The summed E-state index contributed by atoms with van der Waals surface area (Å²) in [4.78, 5) is 0. The molecule has 4 heteroatoms. The van der Waals surface area contributed by atoms with Crippen molar-refractivity contribution in [3.63, 3.8) is 0 Å². The number of nitrogens with one attached hydrogen (secondary N) is 1. The molecule has 0 aliphatic rings. The first-order valence-electron chi connectivity index (χ1n) is 5.82. The van der Waals surface area contributed by atoms with Crippen molar-refractivity contribution in [1.29, 1.82) is 0 Å². The largest absolute Gasteiger partial charge is 0.380 e.